The summed E-state index contributed by atoms with van der Waals surface area (Å²) in [4.78, 5) is 15.0. The van der Waals surface area contributed by atoms with Crippen molar-refractivity contribution in [3.63, 3.8) is 0 Å². The van der Waals surface area contributed by atoms with Crippen LogP contribution in [0.4, 0.5) is 0 Å². The van der Waals surface area contributed by atoms with Crippen LogP contribution in [0.5, 0.6) is 0 Å². The Morgan fingerprint density at radius 3 is 2.46 bits per heavy atom. The number of carbonyl (C=O) groups is 1. The summed E-state index contributed by atoms with van der Waals surface area (Å²) in [6.45, 7) is 4.82. The van der Waals surface area contributed by atoms with Gasteiger partial charge >= 0.3 is 0 Å². The van der Waals surface area contributed by atoms with Gasteiger partial charge in [0.05, 0.1) is 11.8 Å². The number of nitrogens with zero attached hydrogens (tertiary/aromatic N) is 1. The summed E-state index contributed by atoms with van der Waals surface area (Å²) in [5, 5.41) is 0. The maximum Gasteiger partial charge on any atom is 0.257 e. The molecule has 0 radical (unpaired) electrons. The number of hydrogen-bond acceptors (Lipinski definition) is 2. The van der Waals surface area contributed by atoms with Crippen LogP contribution in [0.25, 0.3) is 0 Å². The summed E-state index contributed by atoms with van der Waals surface area (Å²) >= 11 is 0. The highest BCUT2D eigenvalue weighted by molar-refractivity contribution is 5.94. The van der Waals surface area contributed by atoms with Gasteiger partial charge in [-0.15, -0.1) is 0 Å². The molecule has 26 heavy (non-hydrogen) atoms. The van der Waals surface area contributed by atoms with Gasteiger partial charge in [-0.1, -0.05) is 54.6 Å². The highest BCUT2D eigenvalue weighted by atomic mass is 16.3. The van der Waals surface area contributed by atoms with E-state index in [1.165, 1.54) is 23.0 Å². The van der Waals surface area contributed by atoms with Crippen molar-refractivity contribution in [3.8, 4) is 0 Å². The molecule has 0 aliphatic carbocycles. The van der Waals surface area contributed by atoms with E-state index < -0.39 is 0 Å². The SMILES string of the molecule is Cc1ccccc1CN(C(=O)c1ccoc1)[C@H](C)CCc1ccccc1. The Bertz CT molecular complexity index is 824. The van der Waals surface area contributed by atoms with Gasteiger partial charge in [-0.05, 0) is 49.4 Å². The molecule has 0 saturated heterocycles. The lowest BCUT2D eigenvalue weighted by atomic mass is 10.0. The van der Waals surface area contributed by atoms with E-state index in [0.29, 0.717) is 12.1 Å². The molecule has 0 unspecified atom stereocenters. The topological polar surface area (TPSA) is 33.5 Å². The fraction of sp³-hybridized carbons (Fsp3) is 0.261. The zero-order valence-electron chi connectivity index (χ0n) is 15.4. The van der Waals surface area contributed by atoms with Gasteiger partial charge in [0.1, 0.15) is 6.26 Å². The predicted molar refractivity (Wildman–Crippen MR) is 104 cm³/mol. The van der Waals surface area contributed by atoms with Crippen LogP contribution < -0.4 is 0 Å². The monoisotopic (exact) mass is 347 g/mol. The number of hydrogen-bond donors (Lipinski definition) is 0. The minimum Gasteiger partial charge on any atom is -0.472 e. The quantitative estimate of drug-likeness (QED) is 0.585. The van der Waals surface area contributed by atoms with Gasteiger partial charge < -0.3 is 9.32 Å². The molecule has 0 spiro atoms. The highest BCUT2D eigenvalue weighted by Crippen LogP contribution is 2.19. The molecule has 0 saturated carbocycles. The van der Waals surface area contributed by atoms with E-state index >= 15 is 0 Å². The largest absolute Gasteiger partial charge is 0.472 e. The normalized spacial score (nSPS) is 11.9. The Kier molecular flexibility index (Phi) is 5.90. The molecule has 3 nitrogen and oxygen atoms in total. The van der Waals surface area contributed by atoms with Gasteiger partial charge in [-0.3, -0.25) is 4.79 Å². The van der Waals surface area contributed by atoms with Gasteiger partial charge in [0.25, 0.3) is 5.91 Å². The summed E-state index contributed by atoms with van der Waals surface area (Å²) in [7, 11) is 0. The van der Waals surface area contributed by atoms with Crippen molar-refractivity contribution in [2.75, 3.05) is 0 Å². The minimum absolute atomic E-state index is 0.0163. The van der Waals surface area contributed by atoms with Crippen molar-refractivity contribution in [3.05, 3.63) is 95.4 Å². The van der Waals surface area contributed by atoms with Crippen LogP contribution >= 0.6 is 0 Å². The fourth-order valence-corrected chi connectivity index (χ4v) is 3.13. The summed E-state index contributed by atoms with van der Waals surface area (Å²) in [6.07, 6.45) is 4.94. The molecular weight excluding hydrogens is 322 g/mol. The van der Waals surface area contributed by atoms with Crippen molar-refractivity contribution in [1.82, 2.24) is 4.90 Å². The fourth-order valence-electron chi connectivity index (χ4n) is 3.13. The third-order valence-electron chi connectivity index (χ3n) is 4.86. The molecular formula is C23H25NO2. The number of amides is 1. The van der Waals surface area contributed by atoms with Crippen molar-refractivity contribution in [2.24, 2.45) is 0 Å². The van der Waals surface area contributed by atoms with Crippen LogP contribution in [-0.4, -0.2) is 16.8 Å². The number of benzene rings is 2. The molecule has 0 aliphatic heterocycles. The van der Waals surface area contributed by atoms with Crippen molar-refractivity contribution in [2.45, 2.75) is 39.3 Å². The van der Waals surface area contributed by atoms with Crippen LogP contribution in [0.1, 0.15) is 40.4 Å². The summed E-state index contributed by atoms with van der Waals surface area (Å²) in [5.41, 5.74) is 4.28. The van der Waals surface area contributed by atoms with E-state index in [1.807, 2.05) is 23.1 Å². The van der Waals surface area contributed by atoms with E-state index in [1.54, 1.807) is 12.3 Å². The van der Waals surface area contributed by atoms with E-state index in [-0.39, 0.29) is 11.9 Å². The summed E-state index contributed by atoms with van der Waals surface area (Å²) in [5.74, 6) is 0.0163. The first kappa shape index (κ1) is 18.0. The second kappa shape index (κ2) is 8.52. The van der Waals surface area contributed by atoms with Gasteiger partial charge in [0.15, 0.2) is 0 Å². The van der Waals surface area contributed by atoms with Crippen LogP contribution in [0, 0.1) is 6.92 Å². The minimum atomic E-state index is 0.0163. The molecule has 0 fully saturated rings. The van der Waals surface area contributed by atoms with Crippen LogP contribution in [0.2, 0.25) is 0 Å². The molecule has 3 rings (SSSR count). The molecule has 0 aliphatic rings. The predicted octanol–water partition coefficient (Wildman–Crippen LogP) is 5.25. The maximum atomic E-state index is 13.0. The lowest BCUT2D eigenvalue weighted by molar-refractivity contribution is 0.0666. The average Bonchev–Trinajstić information content (AvgIpc) is 3.20. The first-order valence-electron chi connectivity index (χ1n) is 9.06. The Hall–Kier alpha value is -2.81. The smallest absolute Gasteiger partial charge is 0.257 e. The average molecular weight is 347 g/mol. The Morgan fingerprint density at radius 2 is 1.77 bits per heavy atom. The standard InChI is InChI=1S/C23H25NO2/c1-18-8-6-7-11-21(18)16-24(23(25)22-14-15-26-17-22)19(2)12-13-20-9-4-3-5-10-20/h3-11,14-15,17,19H,12-13,16H2,1-2H3/t19-/m1/s1. The highest BCUT2D eigenvalue weighted by Gasteiger charge is 2.23. The third-order valence-corrected chi connectivity index (χ3v) is 4.86. The Balaban J connectivity index is 1.77. The number of rotatable bonds is 7. The van der Waals surface area contributed by atoms with E-state index in [0.717, 1.165) is 12.8 Å². The van der Waals surface area contributed by atoms with Crippen LogP contribution in [-0.2, 0) is 13.0 Å². The first-order chi connectivity index (χ1) is 12.6. The van der Waals surface area contributed by atoms with E-state index in [2.05, 4.69) is 50.2 Å². The maximum absolute atomic E-state index is 13.0. The number of aryl methyl sites for hydroxylation is 2. The number of carbonyl (C=O) groups excluding carboxylic acids is 1. The van der Waals surface area contributed by atoms with E-state index in [9.17, 15) is 4.79 Å². The molecule has 134 valence electrons. The van der Waals surface area contributed by atoms with Crippen molar-refractivity contribution in [1.29, 1.82) is 0 Å². The molecule has 0 N–H and O–H groups in total. The first-order valence-corrected chi connectivity index (χ1v) is 9.06. The molecule has 3 aromatic rings. The summed E-state index contributed by atoms with van der Waals surface area (Å²) < 4.78 is 5.12. The van der Waals surface area contributed by atoms with Crippen LogP contribution in [0.15, 0.2) is 77.6 Å². The molecule has 1 aromatic heterocycles. The van der Waals surface area contributed by atoms with Crippen molar-refractivity contribution >= 4 is 5.91 Å². The van der Waals surface area contributed by atoms with Gasteiger partial charge in [-0.25, -0.2) is 0 Å². The summed E-state index contributed by atoms with van der Waals surface area (Å²) in [6, 6.07) is 20.5. The van der Waals surface area contributed by atoms with Gasteiger partial charge in [-0.2, -0.15) is 0 Å². The third kappa shape index (κ3) is 4.42. The molecule has 1 heterocycles. The van der Waals surface area contributed by atoms with Crippen molar-refractivity contribution < 1.29 is 9.21 Å². The molecule has 1 amide bonds. The zero-order valence-corrected chi connectivity index (χ0v) is 15.4. The van der Waals surface area contributed by atoms with Gasteiger partial charge in [0, 0.05) is 12.6 Å². The molecule has 2 aromatic carbocycles. The molecule has 3 heteroatoms. The lowest BCUT2D eigenvalue weighted by Gasteiger charge is -2.30. The second-order valence-corrected chi connectivity index (χ2v) is 6.74. The lowest BCUT2D eigenvalue weighted by Crippen LogP contribution is -2.38. The molecule has 1 atom stereocenters. The Morgan fingerprint density at radius 1 is 1.04 bits per heavy atom. The van der Waals surface area contributed by atoms with Gasteiger partial charge in [0.2, 0.25) is 0 Å². The second-order valence-electron chi connectivity index (χ2n) is 6.74. The zero-order chi connectivity index (χ0) is 18.4. The molecule has 0 bridgehead atoms. The number of furan rings is 1. The Labute approximate surface area is 155 Å². The van der Waals surface area contributed by atoms with Crippen LogP contribution in [0.3, 0.4) is 0 Å². The van der Waals surface area contributed by atoms with E-state index in [4.69, 9.17) is 4.42 Å².